The predicted octanol–water partition coefficient (Wildman–Crippen LogP) is 5.57. The van der Waals surface area contributed by atoms with E-state index in [9.17, 15) is 4.79 Å². The van der Waals surface area contributed by atoms with Crippen LogP contribution in [0.1, 0.15) is 28.4 Å². The van der Waals surface area contributed by atoms with Crippen molar-refractivity contribution < 1.29 is 19.0 Å². The summed E-state index contributed by atoms with van der Waals surface area (Å²) >= 11 is 1.58. The fourth-order valence-corrected chi connectivity index (χ4v) is 5.46. The number of nitrogens with zero attached hydrogens (tertiary/aromatic N) is 1. The van der Waals surface area contributed by atoms with Crippen molar-refractivity contribution in [1.29, 1.82) is 0 Å². The zero-order chi connectivity index (χ0) is 24.8. The highest BCUT2D eigenvalue weighted by Crippen LogP contribution is 2.38. The number of carbonyl (C=O) groups is 1. The van der Waals surface area contributed by atoms with Crippen LogP contribution in [0.5, 0.6) is 0 Å². The molecule has 0 amide bonds. The van der Waals surface area contributed by atoms with Crippen molar-refractivity contribution in [2.24, 2.45) is 0 Å². The van der Waals surface area contributed by atoms with Gasteiger partial charge in [0.25, 0.3) is 0 Å². The second kappa shape index (κ2) is 11.9. The molecule has 0 aliphatic carbocycles. The summed E-state index contributed by atoms with van der Waals surface area (Å²) < 4.78 is 19.1. The highest BCUT2D eigenvalue weighted by molar-refractivity contribution is 7.99. The van der Waals surface area contributed by atoms with Crippen molar-refractivity contribution >= 4 is 17.7 Å². The average Bonchev–Trinajstić information content (AvgIpc) is 2.86. The molecule has 0 radical (unpaired) electrons. The van der Waals surface area contributed by atoms with Gasteiger partial charge in [-0.1, -0.05) is 78.0 Å². The van der Waals surface area contributed by atoms with Crippen LogP contribution in [0.3, 0.4) is 0 Å². The highest BCUT2D eigenvalue weighted by atomic mass is 32.2. The van der Waals surface area contributed by atoms with E-state index in [0.717, 1.165) is 10.5 Å². The van der Waals surface area contributed by atoms with Crippen LogP contribution >= 0.6 is 11.8 Å². The molecule has 3 aromatic carbocycles. The normalized spacial score (nSPS) is 24.3. The molecule has 1 aliphatic rings. The molecular formula is C29H33NO4S. The van der Waals surface area contributed by atoms with E-state index in [1.54, 1.807) is 23.9 Å². The molecule has 1 heterocycles. The fourth-order valence-electron chi connectivity index (χ4n) is 4.32. The Kier molecular flexibility index (Phi) is 8.63. The fraction of sp³-hybridized carbons (Fsp3) is 0.345. The number of hydrogen-bond acceptors (Lipinski definition) is 6. The predicted molar refractivity (Wildman–Crippen MR) is 140 cm³/mol. The average molecular weight is 492 g/mol. The Balaban J connectivity index is 1.61. The van der Waals surface area contributed by atoms with Crippen LogP contribution in [0.2, 0.25) is 0 Å². The monoisotopic (exact) mass is 491 g/mol. The van der Waals surface area contributed by atoms with Crippen molar-refractivity contribution in [3.63, 3.8) is 0 Å². The largest absolute Gasteiger partial charge is 0.453 e. The van der Waals surface area contributed by atoms with E-state index >= 15 is 0 Å². The van der Waals surface area contributed by atoms with Crippen molar-refractivity contribution in [3.8, 4) is 0 Å². The summed E-state index contributed by atoms with van der Waals surface area (Å²) in [5, 5.41) is 0. The van der Waals surface area contributed by atoms with E-state index in [0.29, 0.717) is 12.2 Å². The summed E-state index contributed by atoms with van der Waals surface area (Å²) in [4.78, 5) is 16.3. The van der Waals surface area contributed by atoms with Crippen molar-refractivity contribution in [3.05, 3.63) is 102 Å². The summed E-state index contributed by atoms with van der Waals surface area (Å²) in [5.41, 5.74) is 2.42. The minimum Gasteiger partial charge on any atom is -0.453 e. The number of likely N-dealkylation sites (N-methyl/N-ethyl adjacent to an activating group) is 1. The Labute approximate surface area is 212 Å². The van der Waals surface area contributed by atoms with Gasteiger partial charge in [-0.25, -0.2) is 4.79 Å². The molecule has 0 spiro atoms. The van der Waals surface area contributed by atoms with Crippen LogP contribution in [0.15, 0.2) is 89.8 Å². The maximum Gasteiger partial charge on any atom is 0.338 e. The topological polar surface area (TPSA) is 48.0 Å². The van der Waals surface area contributed by atoms with Crippen LogP contribution in [0.25, 0.3) is 0 Å². The lowest BCUT2D eigenvalue weighted by Gasteiger charge is -2.47. The van der Waals surface area contributed by atoms with Gasteiger partial charge in [-0.3, -0.25) is 0 Å². The second-order valence-electron chi connectivity index (χ2n) is 9.09. The summed E-state index contributed by atoms with van der Waals surface area (Å²) in [6.07, 6.45) is -1.02. The molecule has 6 heteroatoms. The molecule has 5 nitrogen and oxygen atoms in total. The van der Waals surface area contributed by atoms with Crippen LogP contribution in [0, 0.1) is 6.92 Å². The molecule has 5 atom stereocenters. The third kappa shape index (κ3) is 6.53. The summed E-state index contributed by atoms with van der Waals surface area (Å²) in [6.45, 7) is 4.55. The third-order valence-electron chi connectivity index (χ3n) is 6.16. The molecule has 4 rings (SSSR count). The first-order chi connectivity index (χ1) is 16.9. The zero-order valence-electron chi connectivity index (χ0n) is 20.7. The maximum atomic E-state index is 13.1. The van der Waals surface area contributed by atoms with E-state index in [4.69, 9.17) is 14.2 Å². The van der Waals surface area contributed by atoms with Crippen LogP contribution in [-0.2, 0) is 20.8 Å². The Morgan fingerprint density at radius 3 is 2.17 bits per heavy atom. The lowest BCUT2D eigenvalue weighted by Crippen LogP contribution is -2.62. The Bertz CT molecular complexity index is 1070. The molecule has 1 aliphatic heterocycles. The zero-order valence-corrected chi connectivity index (χ0v) is 21.5. The standard InChI is InChI=1S/C29H33NO4S/c1-20-15-17-24(18-16-20)35-29-27(34-28(31)23-13-9-6-10-14-23)25(30(3)4)26(21(2)33-29)32-19-22-11-7-5-8-12-22/h5-18,21,25-27,29H,19H2,1-4H3/t21-,25+,26-,27-,29+/m1/s1. The highest BCUT2D eigenvalue weighted by Gasteiger charge is 2.48. The minimum atomic E-state index is -0.541. The third-order valence-corrected chi connectivity index (χ3v) is 7.32. The van der Waals surface area contributed by atoms with E-state index in [-0.39, 0.29) is 29.7 Å². The smallest absolute Gasteiger partial charge is 0.338 e. The summed E-state index contributed by atoms with van der Waals surface area (Å²) in [7, 11) is 4.00. The molecular weight excluding hydrogens is 458 g/mol. The molecule has 1 fully saturated rings. The van der Waals surface area contributed by atoms with Crippen molar-refractivity contribution in [2.75, 3.05) is 14.1 Å². The van der Waals surface area contributed by atoms with E-state index in [1.807, 2.05) is 69.6 Å². The number of ether oxygens (including phenoxy) is 3. The SMILES string of the molecule is Cc1ccc(S[C@@H]2O[C@H](C)[C@@H](OCc3ccccc3)[C@H](N(C)C)[C@H]2OC(=O)c2ccccc2)cc1. The summed E-state index contributed by atoms with van der Waals surface area (Å²) in [6, 6.07) is 27.3. The number of benzene rings is 3. The van der Waals surface area contributed by atoms with Gasteiger partial charge in [0.15, 0.2) is 6.10 Å². The molecule has 0 bridgehead atoms. The van der Waals surface area contributed by atoms with Crippen LogP contribution < -0.4 is 0 Å². The molecule has 3 aromatic rings. The van der Waals surface area contributed by atoms with Gasteiger partial charge >= 0.3 is 5.97 Å². The van der Waals surface area contributed by atoms with Gasteiger partial charge < -0.3 is 19.1 Å². The van der Waals surface area contributed by atoms with E-state index in [2.05, 4.69) is 36.1 Å². The van der Waals surface area contributed by atoms with Crippen molar-refractivity contribution in [1.82, 2.24) is 4.90 Å². The van der Waals surface area contributed by atoms with Crippen LogP contribution in [-0.4, -0.2) is 54.8 Å². The molecule has 1 saturated heterocycles. The molecule has 35 heavy (non-hydrogen) atoms. The summed E-state index contributed by atoms with van der Waals surface area (Å²) in [5.74, 6) is -0.364. The first-order valence-electron chi connectivity index (χ1n) is 11.9. The molecule has 0 unspecified atom stereocenters. The lowest BCUT2D eigenvalue weighted by molar-refractivity contribution is -0.190. The molecule has 0 N–H and O–H groups in total. The number of esters is 1. The number of rotatable bonds is 8. The van der Waals surface area contributed by atoms with Gasteiger partial charge in [0, 0.05) is 4.90 Å². The van der Waals surface area contributed by atoms with Gasteiger partial charge in [-0.2, -0.15) is 0 Å². The maximum absolute atomic E-state index is 13.1. The first kappa shape index (κ1) is 25.5. The first-order valence-corrected chi connectivity index (χ1v) is 12.8. The minimum absolute atomic E-state index is 0.194. The quantitative estimate of drug-likeness (QED) is 0.384. The number of hydrogen-bond donors (Lipinski definition) is 0. The van der Waals surface area contributed by atoms with E-state index < -0.39 is 6.10 Å². The van der Waals surface area contributed by atoms with Gasteiger partial charge in [-0.15, -0.1) is 0 Å². The lowest BCUT2D eigenvalue weighted by atomic mass is 9.96. The van der Waals surface area contributed by atoms with Crippen LogP contribution in [0.4, 0.5) is 0 Å². The Morgan fingerprint density at radius 2 is 1.54 bits per heavy atom. The van der Waals surface area contributed by atoms with Gasteiger partial charge in [0.2, 0.25) is 0 Å². The van der Waals surface area contributed by atoms with E-state index in [1.165, 1.54) is 5.56 Å². The molecule has 0 saturated carbocycles. The van der Waals surface area contributed by atoms with Gasteiger partial charge in [0.05, 0.1) is 24.3 Å². The molecule has 184 valence electrons. The number of carbonyl (C=O) groups excluding carboxylic acids is 1. The Morgan fingerprint density at radius 1 is 0.914 bits per heavy atom. The second-order valence-corrected chi connectivity index (χ2v) is 10.3. The number of thioether (sulfide) groups is 1. The Hall–Kier alpha value is -2.64. The van der Waals surface area contributed by atoms with Crippen molar-refractivity contribution in [2.45, 2.75) is 55.1 Å². The molecule has 0 aromatic heterocycles. The number of aryl methyl sites for hydroxylation is 1. The van der Waals surface area contributed by atoms with Gasteiger partial charge in [-0.05, 0) is 57.8 Å². The van der Waals surface area contributed by atoms with Gasteiger partial charge in [0.1, 0.15) is 11.5 Å².